The number of rotatable bonds is 7. The zero-order chi connectivity index (χ0) is 17.2. The van der Waals surface area contributed by atoms with Crippen molar-refractivity contribution >= 4 is 5.97 Å². The van der Waals surface area contributed by atoms with E-state index in [0.29, 0.717) is 24.3 Å². The van der Waals surface area contributed by atoms with Gasteiger partial charge in [-0.1, -0.05) is 51.0 Å². The summed E-state index contributed by atoms with van der Waals surface area (Å²) in [6.45, 7) is 4.18. The second kappa shape index (κ2) is 7.00. The molecule has 0 aromatic heterocycles. The monoisotopic (exact) mass is 328 g/mol. The molecular weight excluding hydrogens is 300 g/mol. The molecule has 1 N–H and O–H groups in total. The van der Waals surface area contributed by atoms with Gasteiger partial charge in [0.15, 0.2) is 0 Å². The first-order valence-corrected chi connectivity index (χ1v) is 9.30. The van der Waals surface area contributed by atoms with Crippen LogP contribution in [0.4, 0.5) is 0 Å². The van der Waals surface area contributed by atoms with Crippen molar-refractivity contribution in [1.29, 1.82) is 0 Å². The van der Waals surface area contributed by atoms with Crippen molar-refractivity contribution in [3.63, 3.8) is 0 Å². The van der Waals surface area contributed by atoms with E-state index >= 15 is 0 Å². The molecule has 0 saturated heterocycles. The van der Waals surface area contributed by atoms with Crippen molar-refractivity contribution in [2.24, 2.45) is 0 Å². The number of hydrogen-bond donors (Lipinski definition) is 1. The van der Waals surface area contributed by atoms with Gasteiger partial charge in [0, 0.05) is 12.8 Å². The van der Waals surface area contributed by atoms with E-state index in [4.69, 9.17) is 4.74 Å². The quantitative estimate of drug-likeness (QED) is 0.699. The fourth-order valence-electron chi connectivity index (χ4n) is 3.99. The fraction of sp³-hybridized carbons (Fsp3) is 0.571. The molecule has 0 amide bonds. The van der Waals surface area contributed by atoms with Gasteiger partial charge in [0.05, 0.1) is 5.57 Å². The molecule has 24 heavy (non-hydrogen) atoms. The van der Waals surface area contributed by atoms with Crippen LogP contribution in [0.25, 0.3) is 0 Å². The number of carbonyl (C=O) groups is 1. The maximum Gasteiger partial charge on any atom is 0.338 e. The lowest BCUT2D eigenvalue weighted by Gasteiger charge is -2.37. The van der Waals surface area contributed by atoms with Crippen LogP contribution in [-0.2, 0) is 16.0 Å². The Balaban J connectivity index is 1.85. The minimum atomic E-state index is -0.510. The Labute approximate surface area is 144 Å². The van der Waals surface area contributed by atoms with Crippen LogP contribution in [0, 0.1) is 0 Å². The summed E-state index contributed by atoms with van der Waals surface area (Å²) >= 11 is 0. The third kappa shape index (κ3) is 3.50. The van der Waals surface area contributed by atoms with Gasteiger partial charge in [-0.2, -0.15) is 0 Å². The van der Waals surface area contributed by atoms with Crippen LogP contribution >= 0.6 is 0 Å². The number of aliphatic hydroxyl groups is 1. The van der Waals surface area contributed by atoms with Gasteiger partial charge in [-0.05, 0) is 42.7 Å². The van der Waals surface area contributed by atoms with Crippen LogP contribution in [0.3, 0.4) is 0 Å². The molecule has 1 fully saturated rings. The Bertz CT molecular complexity index is 634. The summed E-state index contributed by atoms with van der Waals surface area (Å²) in [7, 11) is 0. The highest BCUT2D eigenvalue weighted by Crippen LogP contribution is 2.43. The predicted octanol–water partition coefficient (Wildman–Crippen LogP) is 5.20. The first-order chi connectivity index (χ1) is 11.6. The smallest absolute Gasteiger partial charge is 0.338 e. The molecule has 1 saturated carbocycles. The second-order valence-electron chi connectivity index (χ2n) is 7.32. The fourth-order valence-corrected chi connectivity index (χ4v) is 3.99. The molecule has 1 aromatic rings. The standard InChI is InChI=1S/C21H28O3/c1-3-11-21(12-4-2)14-19(22)18(20(23)24-21)13-16-7-5-6-8-17(16)15-9-10-15/h5-8,15,22H,3-4,9-14H2,1-2H3. The van der Waals surface area contributed by atoms with Crippen LogP contribution in [0.15, 0.2) is 35.6 Å². The van der Waals surface area contributed by atoms with E-state index < -0.39 is 5.60 Å². The highest BCUT2D eigenvalue weighted by Gasteiger charge is 2.40. The van der Waals surface area contributed by atoms with E-state index in [1.54, 1.807) is 0 Å². The summed E-state index contributed by atoms with van der Waals surface area (Å²) in [4.78, 5) is 12.6. The molecule has 0 atom stereocenters. The molecular formula is C21H28O3. The summed E-state index contributed by atoms with van der Waals surface area (Å²) in [6.07, 6.45) is 6.89. The number of carbonyl (C=O) groups excluding carboxylic acids is 1. The molecule has 3 heteroatoms. The number of esters is 1. The van der Waals surface area contributed by atoms with Crippen LogP contribution in [0.2, 0.25) is 0 Å². The Kier molecular flexibility index (Phi) is 4.98. The minimum Gasteiger partial charge on any atom is -0.512 e. The number of aliphatic hydroxyl groups excluding tert-OH is 1. The van der Waals surface area contributed by atoms with Crippen molar-refractivity contribution in [3.8, 4) is 0 Å². The molecule has 2 aliphatic rings. The Morgan fingerprint density at radius 2 is 1.83 bits per heavy atom. The number of hydrogen-bond acceptors (Lipinski definition) is 3. The number of benzene rings is 1. The van der Waals surface area contributed by atoms with Crippen molar-refractivity contribution in [2.75, 3.05) is 0 Å². The number of cyclic esters (lactones) is 1. The predicted molar refractivity (Wildman–Crippen MR) is 95.0 cm³/mol. The summed E-state index contributed by atoms with van der Waals surface area (Å²) in [5.74, 6) is 0.535. The van der Waals surface area contributed by atoms with Gasteiger partial charge in [-0.25, -0.2) is 4.79 Å². The van der Waals surface area contributed by atoms with Gasteiger partial charge >= 0.3 is 5.97 Å². The molecule has 3 nitrogen and oxygen atoms in total. The molecule has 130 valence electrons. The Hall–Kier alpha value is -1.77. The van der Waals surface area contributed by atoms with Gasteiger partial charge in [-0.3, -0.25) is 0 Å². The van der Waals surface area contributed by atoms with E-state index in [2.05, 4.69) is 32.0 Å². The minimum absolute atomic E-state index is 0.235. The molecule has 1 aromatic carbocycles. The summed E-state index contributed by atoms with van der Waals surface area (Å²) in [6, 6.07) is 8.28. The van der Waals surface area contributed by atoms with Gasteiger partial charge in [0.1, 0.15) is 11.4 Å². The van der Waals surface area contributed by atoms with Crippen molar-refractivity contribution in [3.05, 3.63) is 46.7 Å². The zero-order valence-corrected chi connectivity index (χ0v) is 14.8. The molecule has 0 radical (unpaired) electrons. The topological polar surface area (TPSA) is 46.5 Å². The molecule has 0 unspecified atom stereocenters. The molecule has 1 aliphatic carbocycles. The van der Waals surface area contributed by atoms with E-state index in [0.717, 1.165) is 31.2 Å². The van der Waals surface area contributed by atoms with Gasteiger partial charge in [-0.15, -0.1) is 0 Å². The average Bonchev–Trinajstić information content (AvgIpc) is 3.37. The average molecular weight is 328 g/mol. The van der Waals surface area contributed by atoms with Crippen LogP contribution < -0.4 is 0 Å². The normalized spacial score (nSPS) is 20.2. The van der Waals surface area contributed by atoms with E-state index in [1.165, 1.54) is 18.4 Å². The largest absolute Gasteiger partial charge is 0.512 e. The lowest BCUT2D eigenvalue weighted by Crippen LogP contribution is -2.40. The van der Waals surface area contributed by atoms with Gasteiger partial charge in [0.25, 0.3) is 0 Å². The first-order valence-electron chi connectivity index (χ1n) is 9.30. The molecule has 0 spiro atoms. The first kappa shape index (κ1) is 17.1. The van der Waals surface area contributed by atoms with Gasteiger partial charge in [0.2, 0.25) is 0 Å². The Morgan fingerprint density at radius 3 is 2.42 bits per heavy atom. The SMILES string of the molecule is CCCC1(CCC)CC(O)=C(Cc2ccccc2C2CC2)C(=O)O1. The molecule has 1 heterocycles. The molecule has 3 rings (SSSR count). The lowest BCUT2D eigenvalue weighted by molar-refractivity contribution is -0.161. The summed E-state index contributed by atoms with van der Waals surface area (Å²) in [5, 5.41) is 10.6. The summed E-state index contributed by atoms with van der Waals surface area (Å²) in [5.41, 5.74) is 2.41. The van der Waals surface area contributed by atoms with Gasteiger partial charge < -0.3 is 9.84 Å². The van der Waals surface area contributed by atoms with E-state index in [1.807, 2.05) is 6.07 Å². The number of ether oxygens (including phenoxy) is 1. The maximum atomic E-state index is 12.6. The van der Waals surface area contributed by atoms with Crippen LogP contribution in [0.1, 0.15) is 75.8 Å². The summed E-state index contributed by atoms with van der Waals surface area (Å²) < 4.78 is 5.87. The Morgan fingerprint density at radius 1 is 1.17 bits per heavy atom. The van der Waals surface area contributed by atoms with Crippen molar-refractivity contribution in [2.45, 2.75) is 76.7 Å². The molecule has 0 bridgehead atoms. The third-order valence-corrected chi connectivity index (χ3v) is 5.24. The van der Waals surface area contributed by atoms with Crippen LogP contribution in [-0.4, -0.2) is 16.7 Å². The van der Waals surface area contributed by atoms with Crippen molar-refractivity contribution < 1.29 is 14.6 Å². The second-order valence-corrected chi connectivity index (χ2v) is 7.32. The van der Waals surface area contributed by atoms with E-state index in [9.17, 15) is 9.90 Å². The van der Waals surface area contributed by atoms with Crippen molar-refractivity contribution in [1.82, 2.24) is 0 Å². The lowest BCUT2D eigenvalue weighted by atomic mass is 9.84. The van der Waals surface area contributed by atoms with Crippen LogP contribution in [0.5, 0.6) is 0 Å². The maximum absolute atomic E-state index is 12.6. The highest BCUT2D eigenvalue weighted by atomic mass is 16.6. The highest BCUT2D eigenvalue weighted by molar-refractivity contribution is 5.90. The third-order valence-electron chi connectivity index (χ3n) is 5.24. The molecule has 1 aliphatic heterocycles. The zero-order valence-electron chi connectivity index (χ0n) is 14.8. The van der Waals surface area contributed by atoms with E-state index in [-0.39, 0.29) is 11.7 Å².